The fraction of sp³-hybridized carbons (Fsp3) is 0. The summed E-state index contributed by atoms with van der Waals surface area (Å²) in [5.74, 6) is 6.40. The summed E-state index contributed by atoms with van der Waals surface area (Å²) in [6.07, 6.45) is 1.40. The first-order chi connectivity index (χ1) is 8.22. The van der Waals surface area contributed by atoms with Crippen LogP contribution in [0.3, 0.4) is 0 Å². The van der Waals surface area contributed by atoms with Gasteiger partial charge in [-0.25, -0.2) is 15.8 Å². The number of hydrazine groups is 1. The highest BCUT2D eigenvalue weighted by molar-refractivity contribution is 9.10. The van der Waals surface area contributed by atoms with Gasteiger partial charge < -0.3 is 10.7 Å². The van der Waals surface area contributed by atoms with Crippen molar-refractivity contribution in [1.82, 2.24) is 9.97 Å². The molecule has 1 aromatic heterocycles. The van der Waals surface area contributed by atoms with Crippen molar-refractivity contribution < 1.29 is 0 Å². The molecule has 0 unspecified atom stereocenters. The zero-order chi connectivity index (χ0) is 12.3. The van der Waals surface area contributed by atoms with Gasteiger partial charge in [0.2, 0.25) is 0 Å². The predicted molar refractivity (Wildman–Crippen MR) is 72.3 cm³/mol. The maximum atomic E-state index is 6.04. The minimum absolute atomic E-state index is 0.495. The van der Waals surface area contributed by atoms with Crippen LogP contribution >= 0.6 is 27.5 Å². The molecule has 4 N–H and O–H groups in total. The van der Waals surface area contributed by atoms with E-state index in [0.717, 1.165) is 5.69 Å². The molecule has 88 valence electrons. The van der Waals surface area contributed by atoms with Gasteiger partial charge in [0.15, 0.2) is 5.82 Å². The zero-order valence-electron chi connectivity index (χ0n) is 8.61. The molecule has 0 amide bonds. The first-order valence-corrected chi connectivity index (χ1v) is 5.88. The molecule has 0 saturated carbocycles. The monoisotopic (exact) mass is 313 g/mol. The molecule has 0 radical (unpaired) electrons. The number of hydrogen-bond donors (Lipinski definition) is 3. The second-order valence-electron chi connectivity index (χ2n) is 3.13. The van der Waals surface area contributed by atoms with Crippen molar-refractivity contribution in [2.24, 2.45) is 5.84 Å². The Morgan fingerprint density at radius 1 is 1.18 bits per heavy atom. The van der Waals surface area contributed by atoms with Crippen LogP contribution in [0.25, 0.3) is 0 Å². The van der Waals surface area contributed by atoms with E-state index in [1.54, 1.807) is 6.07 Å². The van der Waals surface area contributed by atoms with Crippen LogP contribution < -0.4 is 16.6 Å². The van der Waals surface area contributed by atoms with Crippen LogP contribution in [0.15, 0.2) is 35.1 Å². The number of nitrogens with one attached hydrogen (secondary N) is 2. The number of para-hydroxylation sites is 1. The second kappa shape index (κ2) is 5.31. The maximum Gasteiger partial charge on any atom is 0.159 e. The van der Waals surface area contributed by atoms with Gasteiger partial charge in [0.25, 0.3) is 0 Å². The lowest BCUT2D eigenvalue weighted by Crippen LogP contribution is -2.10. The molecule has 1 aromatic carbocycles. The standard InChI is InChI=1S/C10H9BrClN5/c11-8-9(14-5-15-10(8)17-13)16-7-4-2-1-3-6(7)12/h1-5H,13H2,(H2,14,15,16,17). The van der Waals surface area contributed by atoms with Crippen molar-refractivity contribution in [3.8, 4) is 0 Å². The van der Waals surface area contributed by atoms with E-state index < -0.39 is 0 Å². The lowest BCUT2D eigenvalue weighted by molar-refractivity contribution is 1.12. The molecule has 2 aromatic rings. The van der Waals surface area contributed by atoms with E-state index >= 15 is 0 Å². The summed E-state index contributed by atoms with van der Waals surface area (Å²) in [6, 6.07) is 7.38. The van der Waals surface area contributed by atoms with Gasteiger partial charge in [0.1, 0.15) is 16.6 Å². The summed E-state index contributed by atoms with van der Waals surface area (Å²) in [5.41, 5.74) is 3.23. The molecule has 0 bridgehead atoms. The number of rotatable bonds is 3. The molecule has 1 heterocycles. The SMILES string of the molecule is NNc1ncnc(Nc2ccccc2Cl)c1Br. The first-order valence-electron chi connectivity index (χ1n) is 4.71. The smallest absolute Gasteiger partial charge is 0.159 e. The van der Waals surface area contributed by atoms with Crippen LogP contribution in [0.2, 0.25) is 5.02 Å². The van der Waals surface area contributed by atoms with Crippen LogP contribution in [0.5, 0.6) is 0 Å². The highest BCUT2D eigenvalue weighted by atomic mass is 79.9. The minimum atomic E-state index is 0.495. The van der Waals surface area contributed by atoms with E-state index in [-0.39, 0.29) is 0 Å². The first kappa shape index (κ1) is 12.1. The Morgan fingerprint density at radius 3 is 2.59 bits per heavy atom. The summed E-state index contributed by atoms with van der Waals surface area (Å²) < 4.78 is 0.641. The van der Waals surface area contributed by atoms with Crippen molar-refractivity contribution in [2.45, 2.75) is 0 Å². The van der Waals surface area contributed by atoms with E-state index in [9.17, 15) is 0 Å². The van der Waals surface area contributed by atoms with E-state index in [1.807, 2.05) is 18.2 Å². The average molecular weight is 315 g/mol. The van der Waals surface area contributed by atoms with E-state index in [1.165, 1.54) is 6.33 Å². The minimum Gasteiger partial charge on any atom is -0.338 e. The Bertz CT molecular complexity index is 534. The number of anilines is 3. The maximum absolute atomic E-state index is 6.04. The van der Waals surface area contributed by atoms with Gasteiger partial charge >= 0.3 is 0 Å². The number of nitrogens with two attached hydrogens (primary N) is 1. The molecule has 0 aliphatic carbocycles. The van der Waals surface area contributed by atoms with Gasteiger partial charge in [-0.15, -0.1) is 0 Å². The Labute approximate surface area is 112 Å². The van der Waals surface area contributed by atoms with Crippen LogP contribution in [0.1, 0.15) is 0 Å². The van der Waals surface area contributed by atoms with Gasteiger partial charge in [-0.2, -0.15) is 0 Å². The fourth-order valence-electron chi connectivity index (χ4n) is 1.25. The summed E-state index contributed by atoms with van der Waals surface area (Å²) in [7, 11) is 0. The number of nitrogens with zero attached hydrogens (tertiary/aromatic N) is 2. The van der Waals surface area contributed by atoms with Crippen LogP contribution in [0, 0.1) is 0 Å². The van der Waals surface area contributed by atoms with Crippen molar-refractivity contribution in [3.63, 3.8) is 0 Å². The predicted octanol–water partition coefficient (Wildman–Crippen LogP) is 2.92. The molecule has 17 heavy (non-hydrogen) atoms. The fourth-order valence-corrected chi connectivity index (χ4v) is 1.85. The second-order valence-corrected chi connectivity index (χ2v) is 4.33. The lowest BCUT2D eigenvalue weighted by Gasteiger charge is -2.10. The molecule has 7 heteroatoms. The van der Waals surface area contributed by atoms with E-state index in [2.05, 4.69) is 36.6 Å². The largest absolute Gasteiger partial charge is 0.338 e. The third-order valence-corrected chi connectivity index (χ3v) is 3.13. The van der Waals surface area contributed by atoms with Gasteiger partial charge in [-0.05, 0) is 28.1 Å². The summed E-state index contributed by atoms with van der Waals surface area (Å²) in [4.78, 5) is 8.05. The van der Waals surface area contributed by atoms with Gasteiger partial charge in [0.05, 0.1) is 10.7 Å². The van der Waals surface area contributed by atoms with Crippen molar-refractivity contribution in [1.29, 1.82) is 0 Å². The molecule has 2 rings (SSSR count). The molecule has 0 fully saturated rings. The molecular formula is C10H9BrClN5. The molecule has 0 aliphatic rings. The number of nitrogen functional groups attached to an aromatic ring is 1. The molecule has 5 nitrogen and oxygen atoms in total. The Kier molecular flexibility index (Phi) is 3.78. The van der Waals surface area contributed by atoms with E-state index in [4.69, 9.17) is 17.4 Å². The summed E-state index contributed by atoms with van der Waals surface area (Å²) >= 11 is 9.39. The number of aromatic nitrogens is 2. The molecule has 0 spiro atoms. The summed E-state index contributed by atoms with van der Waals surface area (Å²) in [5, 5.41) is 3.70. The molecule has 0 saturated heterocycles. The molecule has 0 atom stereocenters. The number of halogens is 2. The Hall–Kier alpha value is -1.37. The van der Waals surface area contributed by atoms with Crippen LogP contribution in [0.4, 0.5) is 17.3 Å². The highest BCUT2D eigenvalue weighted by Gasteiger charge is 2.08. The van der Waals surface area contributed by atoms with Crippen LogP contribution in [-0.4, -0.2) is 9.97 Å². The number of hydrogen-bond acceptors (Lipinski definition) is 5. The highest BCUT2D eigenvalue weighted by Crippen LogP contribution is 2.30. The molecule has 0 aliphatic heterocycles. The van der Waals surface area contributed by atoms with Gasteiger partial charge in [-0.3, -0.25) is 0 Å². The summed E-state index contributed by atoms with van der Waals surface area (Å²) in [6.45, 7) is 0. The number of benzene rings is 1. The molecular weight excluding hydrogens is 306 g/mol. The Balaban J connectivity index is 2.34. The van der Waals surface area contributed by atoms with Gasteiger partial charge in [-0.1, -0.05) is 23.7 Å². The van der Waals surface area contributed by atoms with Crippen LogP contribution in [-0.2, 0) is 0 Å². The average Bonchev–Trinajstić information content (AvgIpc) is 2.34. The quantitative estimate of drug-likeness (QED) is 0.600. The zero-order valence-corrected chi connectivity index (χ0v) is 11.0. The van der Waals surface area contributed by atoms with Gasteiger partial charge in [0, 0.05) is 0 Å². The lowest BCUT2D eigenvalue weighted by atomic mass is 10.3. The Morgan fingerprint density at radius 2 is 1.88 bits per heavy atom. The third-order valence-electron chi connectivity index (χ3n) is 2.05. The third kappa shape index (κ3) is 2.66. The topological polar surface area (TPSA) is 75.9 Å². The van der Waals surface area contributed by atoms with Crippen molar-refractivity contribution >= 4 is 44.9 Å². The van der Waals surface area contributed by atoms with Crippen molar-refractivity contribution in [2.75, 3.05) is 10.7 Å². The van der Waals surface area contributed by atoms with E-state index in [0.29, 0.717) is 21.1 Å². The normalized spacial score (nSPS) is 10.1. The van der Waals surface area contributed by atoms with Crippen molar-refractivity contribution in [3.05, 3.63) is 40.1 Å².